The molecule has 0 atom stereocenters. The van der Waals surface area contributed by atoms with Crippen molar-refractivity contribution in [3.05, 3.63) is 81.8 Å². The van der Waals surface area contributed by atoms with Crippen molar-refractivity contribution in [2.75, 3.05) is 36.5 Å². The van der Waals surface area contributed by atoms with Crippen LogP contribution in [0.4, 0.5) is 11.4 Å². The smallest absolute Gasteiger partial charge is 0.264 e. The maximum Gasteiger partial charge on any atom is 0.264 e. The van der Waals surface area contributed by atoms with E-state index in [2.05, 4.69) is 26.5 Å². The summed E-state index contributed by atoms with van der Waals surface area (Å²) in [5, 5.41) is 4.39. The molecule has 8 nitrogen and oxygen atoms in total. The third kappa shape index (κ3) is 6.99. The zero-order valence-electron chi connectivity index (χ0n) is 20.0. The lowest BCUT2D eigenvalue weighted by Crippen LogP contribution is -2.39. The van der Waals surface area contributed by atoms with Gasteiger partial charge in [-0.2, -0.15) is 5.10 Å². The van der Waals surface area contributed by atoms with Crippen LogP contribution in [0, 0.1) is 0 Å². The fourth-order valence-corrected chi connectivity index (χ4v) is 5.53. The summed E-state index contributed by atoms with van der Waals surface area (Å²) < 4.78 is 34.2. The van der Waals surface area contributed by atoms with E-state index in [4.69, 9.17) is 16.3 Å². The van der Waals surface area contributed by atoms with Crippen molar-refractivity contribution in [2.45, 2.75) is 11.8 Å². The van der Waals surface area contributed by atoms with Gasteiger partial charge in [0.1, 0.15) is 12.3 Å². The number of rotatable bonds is 10. The van der Waals surface area contributed by atoms with Crippen molar-refractivity contribution in [3.8, 4) is 5.75 Å². The summed E-state index contributed by atoms with van der Waals surface area (Å²) in [5.74, 6) is -0.0211. The van der Waals surface area contributed by atoms with Crippen molar-refractivity contribution < 1.29 is 17.9 Å². The van der Waals surface area contributed by atoms with Crippen molar-refractivity contribution in [3.63, 3.8) is 0 Å². The highest BCUT2D eigenvalue weighted by atomic mass is 79.9. The maximum atomic E-state index is 13.4. The van der Waals surface area contributed by atoms with Crippen LogP contribution < -0.4 is 19.4 Å². The minimum Gasteiger partial charge on any atom is -0.494 e. The number of carbonyl (C=O) groups is 1. The molecule has 3 rings (SSSR count). The molecule has 0 bridgehead atoms. The lowest BCUT2D eigenvalue weighted by atomic mass is 10.2. The fraction of sp³-hybridized carbons (Fsp3) is 0.200. The van der Waals surface area contributed by atoms with Gasteiger partial charge in [0.2, 0.25) is 0 Å². The topological polar surface area (TPSA) is 91.3 Å². The zero-order chi connectivity index (χ0) is 26.3. The Morgan fingerprint density at radius 2 is 1.75 bits per heavy atom. The number of hydrogen-bond donors (Lipinski definition) is 1. The van der Waals surface area contributed by atoms with Gasteiger partial charge in [-0.25, -0.2) is 13.8 Å². The van der Waals surface area contributed by atoms with Crippen molar-refractivity contribution in [2.24, 2.45) is 5.10 Å². The third-order valence-corrected chi connectivity index (χ3v) is 7.66. The fourth-order valence-electron chi connectivity index (χ4n) is 3.23. The van der Waals surface area contributed by atoms with E-state index in [9.17, 15) is 13.2 Å². The first kappa shape index (κ1) is 27.5. The van der Waals surface area contributed by atoms with Gasteiger partial charge in [0.25, 0.3) is 15.9 Å². The van der Waals surface area contributed by atoms with E-state index >= 15 is 0 Å². The van der Waals surface area contributed by atoms with Gasteiger partial charge in [0.15, 0.2) is 0 Å². The number of ether oxygens (including phenoxy) is 1. The Bertz CT molecular complexity index is 1330. The Hall–Kier alpha value is -3.08. The minimum absolute atomic E-state index is 0.00270. The molecular weight excluding hydrogens is 568 g/mol. The molecule has 0 radical (unpaired) electrons. The molecule has 0 heterocycles. The highest BCUT2D eigenvalue weighted by Gasteiger charge is 2.27. The molecule has 3 aromatic rings. The Morgan fingerprint density at radius 1 is 1.08 bits per heavy atom. The van der Waals surface area contributed by atoms with Crippen LogP contribution in [0.1, 0.15) is 12.5 Å². The Balaban J connectivity index is 1.82. The first-order valence-corrected chi connectivity index (χ1v) is 13.5. The Kier molecular flexibility index (Phi) is 9.36. The van der Waals surface area contributed by atoms with Crippen LogP contribution in [0.15, 0.2) is 81.2 Å². The number of nitrogens with zero attached hydrogens (tertiary/aromatic N) is 3. The van der Waals surface area contributed by atoms with Gasteiger partial charge in [-0.15, -0.1) is 0 Å². The van der Waals surface area contributed by atoms with Crippen LogP contribution in [0.3, 0.4) is 0 Å². The first-order valence-electron chi connectivity index (χ1n) is 10.9. The molecule has 0 saturated heterocycles. The number of benzene rings is 3. The Labute approximate surface area is 224 Å². The molecule has 36 heavy (non-hydrogen) atoms. The number of hydrogen-bond acceptors (Lipinski definition) is 6. The van der Waals surface area contributed by atoms with E-state index < -0.39 is 22.5 Å². The van der Waals surface area contributed by atoms with Gasteiger partial charge in [-0.1, -0.05) is 17.7 Å². The van der Waals surface area contributed by atoms with Crippen LogP contribution in [0.2, 0.25) is 5.02 Å². The van der Waals surface area contributed by atoms with E-state index in [0.29, 0.717) is 23.1 Å². The van der Waals surface area contributed by atoms with Gasteiger partial charge in [0.05, 0.1) is 29.1 Å². The van der Waals surface area contributed by atoms with Crippen LogP contribution >= 0.6 is 27.5 Å². The van der Waals surface area contributed by atoms with E-state index in [-0.39, 0.29) is 4.90 Å². The van der Waals surface area contributed by atoms with Crippen molar-refractivity contribution in [1.29, 1.82) is 0 Å². The Morgan fingerprint density at radius 3 is 2.33 bits per heavy atom. The van der Waals surface area contributed by atoms with Crippen LogP contribution in [-0.2, 0) is 14.8 Å². The average Bonchev–Trinajstić information content (AvgIpc) is 2.83. The van der Waals surface area contributed by atoms with Gasteiger partial charge in [-0.3, -0.25) is 9.10 Å². The predicted molar refractivity (Wildman–Crippen MR) is 148 cm³/mol. The summed E-state index contributed by atoms with van der Waals surface area (Å²) in [6, 6.07) is 17.8. The normalized spacial score (nSPS) is 11.4. The number of anilines is 2. The lowest BCUT2D eigenvalue weighted by molar-refractivity contribution is -0.119. The summed E-state index contributed by atoms with van der Waals surface area (Å²) >= 11 is 9.43. The molecule has 190 valence electrons. The number of sulfonamides is 1. The highest BCUT2D eigenvalue weighted by Crippen LogP contribution is 2.27. The molecule has 0 aliphatic carbocycles. The SMILES string of the molecule is CCOc1ccc(N(CC(=O)N/N=C/c2ccc(N(C)C)c(Br)c2)S(=O)(=O)c2ccc(Cl)cc2)cc1. The molecule has 0 unspecified atom stereocenters. The molecule has 0 spiro atoms. The highest BCUT2D eigenvalue weighted by molar-refractivity contribution is 9.10. The van der Waals surface area contributed by atoms with Gasteiger partial charge < -0.3 is 9.64 Å². The van der Waals surface area contributed by atoms with Gasteiger partial charge >= 0.3 is 0 Å². The maximum absolute atomic E-state index is 13.4. The second-order valence-corrected chi connectivity index (χ2v) is 10.9. The number of nitrogens with one attached hydrogen (secondary N) is 1. The molecule has 0 aromatic heterocycles. The average molecular weight is 594 g/mol. The van der Waals surface area contributed by atoms with Crippen LogP contribution in [0.5, 0.6) is 5.75 Å². The molecule has 1 N–H and O–H groups in total. The third-order valence-electron chi connectivity index (χ3n) is 4.98. The summed E-state index contributed by atoms with van der Waals surface area (Å²) in [6.07, 6.45) is 1.48. The van der Waals surface area contributed by atoms with Gasteiger partial charge in [0, 0.05) is 23.6 Å². The monoisotopic (exact) mass is 592 g/mol. The quantitative estimate of drug-likeness (QED) is 0.266. The molecular formula is C25H26BrClN4O4S. The van der Waals surface area contributed by atoms with E-state index in [0.717, 1.165) is 20.0 Å². The number of halogens is 2. The van der Waals surface area contributed by atoms with Crippen LogP contribution in [0.25, 0.3) is 0 Å². The first-order chi connectivity index (χ1) is 17.1. The molecule has 0 aliphatic rings. The molecule has 3 aromatic carbocycles. The van der Waals surface area contributed by atoms with Crippen LogP contribution in [-0.4, -0.2) is 47.8 Å². The van der Waals surface area contributed by atoms with E-state index in [1.54, 1.807) is 24.3 Å². The number of amides is 1. The number of carbonyl (C=O) groups excluding carboxylic acids is 1. The molecule has 0 saturated carbocycles. The van der Waals surface area contributed by atoms with E-state index in [1.807, 2.05) is 44.1 Å². The minimum atomic E-state index is -4.08. The van der Waals surface area contributed by atoms with E-state index in [1.165, 1.54) is 30.5 Å². The second kappa shape index (κ2) is 12.2. The zero-order valence-corrected chi connectivity index (χ0v) is 23.1. The van der Waals surface area contributed by atoms with Crippen molar-refractivity contribution in [1.82, 2.24) is 5.43 Å². The van der Waals surface area contributed by atoms with Crippen molar-refractivity contribution >= 4 is 61.1 Å². The van der Waals surface area contributed by atoms with Gasteiger partial charge in [-0.05, 0) is 89.1 Å². The molecule has 11 heteroatoms. The predicted octanol–water partition coefficient (Wildman–Crippen LogP) is 4.91. The number of hydrazone groups is 1. The summed E-state index contributed by atoms with van der Waals surface area (Å²) in [4.78, 5) is 14.7. The largest absolute Gasteiger partial charge is 0.494 e. The molecule has 1 amide bonds. The molecule has 0 fully saturated rings. The standard InChI is InChI=1S/C25H26BrClN4O4S/c1-4-35-21-10-8-20(9-11-21)31(36(33,34)22-12-6-19(27)7-13-22)17-25(32)29-28-16-18-5-14-24(30(2)3)23(26)15-18/h5-16H,4,17H2,1-3H3,(H,29,32)/b28-16+. The molecule has 0 aliphatic heterocycles. The summed E-state index contributed by atoms with van der Waals surface area (Å²) in [6.45, 7) is 1.84. The lowest BCUT2D eigenvalue weighted by Gasteiger charge is -2.24. The summed E-state index contributed by atoms with van der Waals surface area (Å²) in [7, 11) is -0.211. The second-order valence-electron chi connectivity index (χ2n) is 7.79. The summed E-state index contributed by atoms with van der Waals surface area (Å²) in [5.41, 5.74) is 4.46.